The van der Waals surface area contributed by atoms with Crippen LogP contribution in [0.3, 0.4) is 0 Å². The molecular formula is C10H23O2PS. The molecular weight excluding hydrogens is 215 g/mol. The molecule has 0 aromatic rings. The minimum atomic E-state index is -1.93. The van der Waals surface area contributed by atoms with Gasteiger partial charge in [-0.3, -0.25) is 0 Å². The second-order valence-corrected chi connectivity index (χ2v) is 7.09. The molecule has 0 spiro atoms. The van der Waals surface area contributed by atoms with Crippen LogP contribution in [0.2, 0.25) is 0 Å². The van der Waals surface area contributed by atoms with E-state index in [9.17, 15) is 0 Å². The molecule has 0 radical (unpaired) electrons. The molecule has 14 heavy (non-hydrogen) atoms. The molecule has 0 atom stereocenters. The van der Waals surface area contributed by atoms with Gasteiger partial charge in [-0.25, -0.2) is 0 Å². The molecule has 0 rings (SSSR count). The Morgan fingerprint density at radius 3 is 1.93 bits per heavy atom. The summed E-state index contributed by atoms with van der Waals surface area (Å²) < 4.78 is 11.1. The first-order chi connectivity index (χ1) is 6.68. The Hall–Kier alpha value is 0.570. The van der Waals surface area contributed by atoms with Crippen molar-refractivity contribution in [3.05, 3.63) is 0 Å². The van der Waals surface area contributed by atoms with Crippen LogP contribution in [0.5, 0.6) is 0 Å². The standard InChI is InChI=1S/C10H23O2PS/c1-4-7-8-9-10-13(14,11-5-2)12-6-3/h4-10H2,1-3H3. The summed E-state index contributed by atoms with van der Waals surface area (Å²) in [7, 11) is 0. The predicted octanol–water partition coefficient (Wildman–Crippen LogP) is 3.95. The van der Waals surface area contributed by atoms with Gasteiger partial charge in [0.2, 0.25) is 0 Å². The Bertz CT molecular complexity index is 164. The molecule has 0 bridgehead atoms. The van der Waals surface area contributed by atoms with Crippen LogP contribution in [0, 0.1) is 0 Å². The van der Waals surface area contributed by atoms with E-state index in [-0.39, 0.29) is 0 Å². The number of rotatable bonds is 9. The summed E-state index contributed by atoms with van der Waals surface area (Å²) in [6.45, 7) is 5.58. The summed E-state index contributed by atoms with van der Waals surface area (Å²) in [5.41, 5.74) is 0. The van der Waals surface area contributed by atoms with E-state index < -0.39 is 6.49 Å². The Morgan fingerprint density at radius 2 is 1.50 bits per heavy atom. The van der Waals surface area contributed by atoms with Gasteiger partial charge in [0, 0.05) is 6.16 Å². The lowest BCUT2D eigenvalue weighted by molar-refractivity contribution is 0.266. The summed E-state index contributed by atoms with van der Waals surface area (Å²) in [6.07, 6.45) is 5.86. The number of hydrogen-bond donors (Lipinski definition) is 0. The van der Waals surface area contributed by atoms with Crippen molar-refractivity contribution >= 4 is 18.3 Å². The zero-order valence-corrected chi connectivity index (χ0v) is 11.3. The Morgan fingerprint density at radius 1 is 0.929 bits per heavy atom. The quantitative estimate of drug-likeness (QED) is 0.447. The molecule has 4 heteroatoms. The first-order valence-corrected chi connectivity index (χ1v) is 8.39. The summed E-state index contributed by atoms with van der Waals surface area (Å²) in [5.74, 6) is 0. The molecule has 0 saturated heterocycles. The largest absolute Gasteiger partial charge is 0.330 e. The van der Waals surface area contributed by atoms with Gasteiger partial charge < -0.3 is 9.05 Å². The van der Waals surface area contributed by atoms with Gasteiger partial charge in [0.1, 0.15) is 0 Å². The fourth-order valence-electron chi connectivity index (χ4n) is 1.29. The fourth-order valence-corrected chi connectivity index (χ4v) is 4.04. The van der Waals surface area contributed by atoms with Crippen molar-refractivity contribution in [1.29, 1.82) is 0 Å². The summed E-state index contributed by atoms with van der Waals surface area (Å²) in [5, 5.41) is 0. The van der Waals surface area contributed by atoms with Gasteiger partial charge in [0.25, 0.3) is 0 Å². The Labute approximate surface area is 93.5 Å². The monoisotopic (exact) mass is 238 g/mol. The van der Waals surface area contributed by atoms with E-state index >= 15 is 0 Å². The van der Waals surface area contributed by atoms with Crippen LogP contribution in [0.25, 0.3) is 0 Å². The zero-order chi connectivity index (χ0) is 10.9. The average Bonchev–Trinajstić information content (AvgIpc) is 2.13. The molecule has 0 aliphatic carbocycles. The lowest BCUT2D eigenvalue weighted by Crippen LogP contribution is -1.99. The van der Waals surface area contributed by atoms with E-state index in [1.165, 1.54) is 19.3 Å². The second-order valence-electron chi connectivity index (χ2n) is 3.23. The van der Waals surface area contributed by atoms with Gasteiger partial charge in [-0.1, -0.05) is 26.2 Å². The molecule has 0 saturated carbocycles. The molecule has 0 unspecified atom stereocenters. The molecule has 0 fully saturated rings. The van der Waals surface area contributed by atoms with Gasteiger partial charge in [-0.2, -0.15) is 0 Å². The third kappa shape index (κ3) is 6.94. The van der Waals surface area contributed by atoms with Crippen molar-refractivity contribution in [2.75, 3.05) is 19.4 Å². The molecule has 0 aliphatic rings. The SMILES string of the molecule is CCCCCCP(=S)(OCC)OCC. The third-order valence-corrected chi connectivity index (χ3v) is 5.28. The topological polar surface area (TPSA) is 18.5 Å². The summed E-state index contributed by atoms with van der Waals surface area (Å²) >= 11 is 5.42. The Balaban J connectivity index is 3.78. The highest BCUT2D eigenvalue weighted by Gasteiger charge is 2.16. The van der Waals surface area contributed by atoms with Crippen LogP contribution in [0.1, 0.15) is 46.5 Å². The Kier molecular flexibility index (Phi) is 9.20. The van der Waals surface area contributed by atoms with Gasteiger partial charge in [0.15, 0.2) is 6.49 Å². The van der Waals surface area contributed by atoms with Gasteiger partial charge in [-0.05, 0) is 32.1 Å². The highest BCUT2D eigenvalue weighted by Crippen LogP contribution is 2.49. The van der Waals surface area contributed by atoms with Crippen molar-refractivity contribution in [2.45, 2.75) is 46.5 Å². The minimum Gasteiger partial charge on any atom is -0.330 e. The third-order valence-electron chi connectivity index (χ3n) is 1.94. The highest BCUT2D eigenvalue weighted by molar-refractivity contribution is 8.09. The first kappa shape index (κ1) is 14.6. The van der Waals surface area contributed by atoms with Gasteiger partial charge >= 0.3 is 0 Å². The van der Waals surface area contributed by atoms with E-state index in [4.69, 9.17) is 20.9 Å². The molecule has 0 heterocycles. The van der Waals surface area contributed by atoms with Crippen LogP contribution in [0.4, 0.5) is 0 Å². The lowest BCUT2D eigenvalue weighted by Gasteiger charge is -2.20. The molecule has 2 nitrogen and oxygen atoms in total. The van der Waals surface area contributed by atoms with Crippen LogP contribution in [-0.2, 0) is 20.9 Å². The first-order valence-electron chi connectivity index (χ1n) is 5.56. The van der Waals surface area contributed by atoms with E-state index in [1.54, 1.807) is 0 Å². The summed E-state index contributed by atoms with van der Waals surface area (Å²) in [6, 6.07) is 0. The average molecular weight is 238 g/mol. The second kappa shape index (κ2) is 8.84. The number of hydrogen-bond acceptors (Lipinski definition) is 3. The molecule has 0 aromatic heterocycles. The molecule has 0 amide bonds. The van der Waals surface area contributed by atoms with Crippen molar-refractivity contribution in [2.24, 2.45) is 0 Å². The van der Waals surface area contributed by atoms with Crippen LogP contribution in [-0.4, -0.2) is 19.4 Å². The molecule has 0 N–H and O–H groups in total. The van der Waals surface area contributed by atoms with Gasteiger partial charge in [-0.15, -0.1) is 0 Å². The van der Waals surface area contributed by atoms with Crippen molar-refractivity contribution in [3.8, 4) is 0 Å². The zero-order valence-electron chi connectivity index (χ0n) is 9.62. The van der Waals surface area contributed by atoms with Crippen molar-refractivity contribution in [3.63, 3.8) is 0 Å². The highest BCUT2D eigenvalue weighted by atomic mass is 32.5. The molecule has 0 aromatic carbocycles. The smallest absolute Gasteiger partial charge is 0.188 e. The molecule has 0 aliphatic heterocycles. The summed E-state index contributed by atoms with van der Waals surface area (Å²) in [4.78, 5) is 0. The maximum absolute atomic E-state index is 5.55. The van der Waals surface area contributed by atoms with Crippen molar-refractivity contribution in [1.82, 2.24) is 0 Å². The van der Waals surface area contributed by atoms with Crippen molar-refractivity contribution < 1.29 is 9.05 Å². The van der Waals surface area contributed by atoms with Crippen LogP contribution < -0.4 is 0 Å². The van der Waals surface area contributed by atoms with Crippen LogP contribution >= 0.6 is 6.49 Å². The normalized spacial score (nSPS) is 11.9. The predicted molar refractivity (Wildman–Crippen MR) is 66.5 cm³/mol. The van der Waals surface area contributed by atoms with E-state index in [1.807, 2.05) is 13.8 Å². The van der Waals surface area contributed by atoms with E-state index in [0.29, 0.717) is 13.2 Å². The van der Waals surface area contributed by atoms with Gasteiger partial charge in [0.05, 0.1) is 13.2 Å². The lowest BCUT2D eigenvalue weighted by atomic mass is 10.2. The minimum absolute atomic E-state index is 0.672. The molecule has 86 valence electrons. The maximum Gasteiger partial charge on any atom is 0.188 e. The maximum atomic E-state index is 5.55. The fraction of sp³-hybridized carbons (Fsp3) is 1.00. The van der Waals surface area contributed by atoms with E-state index in [0.717, 1.165) is 12.6 Å². The van der Waals surface area contributed by atoms with Crippen LogP contribution in [0.15, 0.2) is 0 Å². The number of unbranched alkanes of at least 4 members (excludes halogenated alkanes) is 3. The van der Waals surface area contributed by atoms with E-state index in [2.05, 4.69) is 6.92 Å².